The summed E-state index contributed by atoms with van der Waals surface area (Å²) in [5.41, 5.74) is 1.06. The Hall–Kier alpha value is -0.680. The minimum atomic E-state index is -0.249. The number of halogens is 2. The summed E-state index contributed by atoms with van der Waals surface area (Å²) in [5, 5.41) is 16.0. The molecule has 0 saturated carbocycles. The molecular formula is C12H18ClFN2O. The van der Waals surface area contributed by atoms with Crippen LogP contribution < -0.4 is 10.6 Å². The van der Waals surface area contributed by atoms with Crippen molar-refractivity contribution < 1.29 is 9.50 Å². The minimum Gasteiger partial charge on any atom is -0.391 e. The third kappa shape index (κ3) is 4.24. The SMILES string of the molecule is Cl.OC1CNCC1CNCc1ccc(F)cc1. The van der Waals surface area contributed by atoms with Crippen molar-refractivity contribution in [2.45, 2.75) is 12.6 Å². The molecule has 2 atom stereocenters. The Bertz CT molecular complexity index is 334. The zero-order valence-electron chi connectivity index (χ0n) is 9.53. The number of benzene rings is 1. The summed E-state index contributed by atoms with van der Waals surface area (Å²) in [6, 6.07) is 6.46. The van der Waals surface area contributed by atoms with Crippen molar-refractivity contribution in [1.82, 2.24) is 10.6 Å². The van der Waals surface area contributed by atoms with Crippen molar-refractivity contribution in [2.75, 3.05) is 19.6 Å². The van der Waals surface area contributed by atoms with E-state index in [9.17, 15) is 9.50 Å². The monoisotopic (exact) mass is 260 g/mol. The van der Waals surface area contributed by atoms with Gasteiger partial charge in [0.05, 0.1) is 6.10 Å². The summed E-state index contributed by atoms with van der Waals surface area (Å²) < 4.78 is 12.6. The maximum absolute atomic E-state index is 12.6. The maximum Gasteiger partial charge on any atom is 0.123 e. The molecule has 1 heterocycles. The van der Waals surface area contributed by atoms with Gasteiger partial charge in [-0.3, -0.25) is 0 Å². The Morgan fingerprint density at radius 1 is 1.29 bits per heavy atom. The minimum absolute atomic E-state index is 0. The van der Waals surface area contributed by atoms with Crippen molar-refractivity contribution >= 4 is 12.4 Å². The zero-order chi connectivity index (χ0) is 11.4. The molecule has 1 aliphatic heterocycles. The Labute approximate surface area is 107 Å². The summed E-state index contributed by atoms with van der Waals surface area (Å²) in [6.07, 6.45) is -0.249. The number of rotatable bonds is 4. The molecule has 0 bridgehead atoms. The van der Waals surface area contributed by atoms with E-state index in [-0.39, 0.29) is 30.2 Å². The second kappa shape index (κ2) is 6.91. The summed E-state index contributed by atoms with van der Waals surface area (Å²) in [7, 11) is 0. The molecule has 0 radical (unpaired) electrons. The van der Waals surface area contributed by atoms with Gasteiger partial charge in [0.2, 0.25) is 0 Å². The van der Waals surface area contributed by atoms with Gasteiger partial charge in [0.15, 0.2) is 0 Å². The second-order valence-electron chi connectivity index (χ2n) is 4.24. The Morgan fingerprint density at radius 2 is 2.00 bits per heavy atom. The van der Waals surface area contributed by atoms with Crippen LogP contribution in [0, 0.1) is 11.7 Å². The smallest absolute Gasteiger partial charge is 0.123 e. The summed E-state index contributed by atoms with van der Waals surface area (Å²) in [6.45, 7) is 3.04. The van der Waals surface area contributed by atoms with Crippen LogP contribution >= 0.6 is 12.4 Å². The largest absolute Gasteiger partial charge is 0.391 e. The standard InChI is InChI=1S/C12H17FN2O.ClH/c13-11-3-1-9(2-4-11)5-14-6-10-7-15-8-12(10)16;/h1-4,10,12,14-16H,5-8H2;1H. The molecule has 3 nitrogen and oxygen atoms in total. The van der Waals surface area contributed by atoms with Gasteiger partial charge < -0.3 is 15.7 Å². The van der Waals surface area contributed by atoms with Crippen LogP contribution in [0.3, 0.4) is 0 Å². The highest BCUT2D eigenvalue weighted by atomic mass is 35.5. The van der Waals surface area contributed by atoms with Gasteiger partial charge in [-0.2, -0.15) is 0 Å². The number of aliphatic hydroxyl groups excluding tert-OH is 1. The van der Waals surface area contributed by atoms with Gasteiger partial charge in [-0.1, -0.05) is 12.1 Å². The van der Waals surface area contributed by atoms with Gasteiger partial charge >= 0.3 is 0 Å². The average Bonchev–Trinajstić information content (AvgIpc) is 2.68. The van der Waals surface area contributed by atoms with Gasteiger partial charge in [-0.15, -0.1) is 12.4 Å². The first-order valence-electron chi connectivity index (χ1n) is 5.59. The van der Waals surface area contributed by atoms with Crippen LogP contribution in [-0.2, 0) is 6.54 Å². The highest BCUT2D eigenvalue weighted by Crippen LogP contribution is 2.08. The van der Waals surface area contributed by atoms with Crippen molar-refractivity contribution in [3.05, 3.63) is 35.6 Å². The summed E-state index contributed by atoms with van der Waals surface area (Å²) in [5.74, 6) is 0.0691. The predicted molar refractivity (Wildman–Crippen MR) is 67.7 cm³/mol. The van der Waals surface area contributed by atoms with E-state index in [1.165, 1.54) is 12.1 Å². The quantitative estimate of drug-likeness (QED) is 0.754. The first kappa shape index (κ1) is 14.4. The number of hydrogen-bond acceptors (Lipinski definition) is 3. The third-order valence-corrected chi connectivity index (χ3v) is 2.95. The lowest BCUT2D eigenvalue weighted by Crippen LogP contribution is -2.30. The zero-order valence-corrected chi connectivity index (χ0v) is 10.3. The summed E-state index contributed by atoms with van der Waals surface area (Å²) >= 11 is 0. The molecule has 0 aromatic heterocycles. The van der Waals surface area contributed by atoms with E-state index in [4.69, 9.17) is 0 Å². The first-order chi connectivity index (χ1) is 7.75. The summed E-state index contributed by atoms with van der Waals surface area (Å²) in [4.78, 5) is 0. The van der Waals surface area contributed by atoms with Crippen LogP contribution in [0.4, 0.5) is 4.39 Å². The van der Waals surface area contributed by atoms with Gasteiger partial charge in [-0.25, -0.2) is 4.39 Å². The topological polar surface area (TPSA) is 44.3 Å². The van der Waals surface area contributed by atoms with E-state index in [0.717, 1.165) is 18.7 Å². The molecule has 3 N–H and O–H groups in total. The fraction of sp³-hybridized carbons (Fsp3) is 0.500. The lowest BCUT2D eigenvalue weighted by atomic mass is 10.1. The number of aliphatic hydroxyl groups is 1. The van der Waals surface area contributed by atoms with E-state index in [2.05, 4.69) is 10.6 Å². The van der Waals surface area contributed by atoms with E-state index in [0.29, 0.717) is 13.1 Å². The molecule has 1 fully saturated rings. The van der Waals surface area contributed by atoms with E-state index in [1.807, 2.05) is 0 Å². The Kier molecular flexibility index (Phi) is 5.85. The predicted octanol–water partition coefficient (Wildman–Crippen LogP) is 0.917. The molecule has 17 heavy (non-hydrogen) atoms. The van der Waals surface area contributed by atoms with Gasteiger partial charge in [0.1, 0.15) is 5.82 Å². The molecule has 0 spiro atoms. The van der Waals surface area contributed by atoms with Crippen LogP contribution in [0.5, 0.6) is 0 Å². The molecule has 1 aromatic rings. The van der Waals surface area contributed by atoms with Crippen LogP contribution in [0.25, 0.3) is 0 Å². The van der Waals surface area contributed by atoms with Crippen LogP contribution in [-0.4, -0.2) is 30.8 Å². The molecular weight excluding hydrogens is 243 g/mol. The lowest BCUT2D eigenvalue weighted by molar-refractivity contribution is 0.146. The fourth-order valence-corrected chi connectivity index (χ4v) is 1.93. The highest BCUT2D eigenvalue weighted by Gasteiger charge is 2.23. The molecule has 1 aromatic carbocycles. The van der Waals surface area contributed by atoms with Crippen LogP contribution in [0.15, 0.2) is 24.3 Å². The molecule has 1 aliphatic rings. The van der Waals surface area contributed by atoms with Gasteiger partial charge in [-0.05, 0) is 17.7 Å². The first-order valence-corrected chi connectivity index (χ1v) is 5.59. The highest BCUT2D eigenvalue weighted by molar-refractivity contribution is 5.85. The molecule has 1 saturated heterocycles. The molecule has 5 heteroatoms. The van der Waals surface area contributed by atoms with Gasteiger partial charge in [0.25, 0.3) is 0 Å². The molecule has 96 valence electrons. The Morgan fingerprint density at radius 3 is 2.59 bits per heavy atom. The molecule has 2 rings (SSSR count). The van der Waals surface area contributed by atoms with Crippen molar-refractivity contribution in [2.24, 2.45) is 5.92 Å². The number of β-amino-alcohol motifs (C(OH)–C–C–N with tert-alkyl or cyclic N) is 1. The average molecular weight is 261 g/mol. The van der Waals surface area contributed by atoms with Crippen LogP contribution in [0.2, 0.25) is 0 Å². The fourth-order valence-electron chi connectivity index (χ4n) is 1.93. The van der Waals surface area contributed by atoms with Crippen molar-refractivity contribution in [3.63, 3.8) is 0 Å². The third-order valence-electron chi connectivity index (χ3n) is 2.95. The van der Waals surface area contributed by atoms with Crippen molar-refractivity contribution in [1.29, 1.82) is 0 Å². The van der Waals surface area contributed by atoms with E-state index in [1.54, 1.807) is 12.1 Å². The Balaban J connectivity index is 0.00000144. The maximum atomic E-state index is 12.6. The van der Waals surface area contributed by atoms with Crippen molar-refractivity contribution in [3.8, 4) is 0 Å². The molecule has 2 unspecified atom stereocenters. The normalized spacial score (nSPS) is 23.4. The molecule has 0 aliphatic carbocycles. The molecule has 0 amide bonds. The van der Waals surface area contributed by atoms with E-state index >= 15 is 0 Å². The number of hydrogen-bond donors (Lipinski definition) is 3. The second-order valence-corrected chi connectivity index (χ2v) is 4.24. The van der Waals surface area contributed by atoms with Crippen LogP contribution in [0.1, 0.15) is 5.56 Å². The number of nitrogens with one attached hydrogen (secondary N) is 2. The van der Waals surface area contributed by atoms with Gasteiger partial charge in [0, 0.05) is 32.1 Å². The lowest BCUT2D eigenvalue weighted by Gasteiger charge is -2.14. The van der Waals surface area contributed by atoms with E-state index < -0.39 is 0 Å².